The van der Waals surface area contributed by atoms with E-state index in [1.807, 2.05) is 12.2 Å². The molecule has 3 N–H and O–H groups in total. The lowest BCUT2D eigenvalue weighted by molar-refractivity contribution is -0.161. The molecule has 59 heavy (non-hydrogen) atoms. The van der Waals surface area contributed by atoms with E-state index in [1.165, 1.54) is 0 Å². The van der Waals surface area contributed by atoms with E-state index >= 15 is 0 Å². The van der Waals surface area contributed by atoms with E-state index in [0.29, 0.717) is 12.8 Å². The van der Waals surface area contributed by atoms with Crippen molar-refractivity contribution in [2.24, 2.45) is 5.73 Å². The maximum absolute atomic E-state index is 12.6. The molecule has 0 aromatic rings. The number of unbranched alkanes of at least 4 members (excludes halogenated alkanes) is 6. The van der Waals surface area contributed by atoms with E-state index in [1.54, 1.807) is 0 Å². The van der Waals surface area contributed by atoms with Crippen molar-refractivity contribution in [3.05, 3.63) is 122 Å². The molecule has 0 saturated carbocycles. The predicted octanol–water partition coefficient (Wildman–Crippen LogP) is 12.9. The van der Waals surface area contributed by atoms with Crippen molar-refractivity contribution in [3.63, 3.8) is 0 Å². The summed E-state index contributed by atoms with van der Waals surface area (Å²) in [5, 5.41) is 0. The van der Waals surface area contributed by atoms with Gasteiger partial charge in [0.05, 0.1) is 13.2 Å². The molecule has 0 aromatic carbocycles. The third-order valence-corrected chi connectivity index (χ3v) is 9.34. The van der Waals surface area contributed by atoms with E-state index < -0.39 is 32.5 Å². The van der Waals surface area contributed by atoms with Crippen LogP contribution in [-0.2, 0) is 32.7 Å². The molecule has 0 aliphatic rings. The van der Waals surface area contributed by atoms with Crippen LogP contribution in [-0.4, -0.2) is 49.3 Å². The average Bonchev–Trinajstić information content (AvgIpc) is 3.22. The number of hydrogen-bond donors (Lipinski definition) is 2. The Bertz CT molecular complexity index is 1370. The highest BCUT2D eigenvalue weighted by atomic mass is 31.2. The number of esters is 2. The molecule has 10 heteroatoms. The maximum atomic E-state index is 12.6. The van der Waals surface area contributed by atoms with Crippen LogP contribution in [0.4, 0.5) is 0 Å². The van der Waals surface area contributed by atoms with Crippen LogP contribution < -0.4 is 5.73 Å². The Labute approximate surface area is 358 Å². The Morgan fingerprint density at radius 1 is 0.508 bits per heavy atom. The zero-order valence-electron chi connectivity index (χ0n) is 36.4. The van der Waals surface area contributed by atoms with Gasteiger partial charge in [-0.05, 0) is 89.9 Å². The van der Waals surface area contributed by atoms with Gasteiger partial charge in [-0.3, -0.25) is 18.6 Å². The number of rotatable bonds is 39. The molecule has 9 nitrogen and oxygen atoms in total. The minimum atomic E-state index is -4.41. The van der Waals surface area contributed by atoms with Gasteiger partial charge in [-0.2, -0.15) is 0 Å². The van der Waals surface area contributed by atoms with Crippen molar-refractivity contribution >= 4 is 19.8 Å². The third kappa shape index (κ3) is 43.8. The Hall–Kier alpha value is -3.59. The molecule has 0 rings (SSSR count). The molecule has 2 atom stereocenters. The summed E-state index contributed by atoms with van der Waals surface area (Å²) >= 11 is 0. The van der Waals surface area contributed by atoms with Gasteiger partial charge < -0.3 is 20.1 Å². The zero-order valence-corrected chi connectivity index (χ0v) is 37.3. The summed E-state index contributed by atoms with van der Waals surface area (Å²) in [6.45, 7) is 3.36. The van der Waals surface area contributed by atoms with Gasteiger partial charge in [-0.1, -0.05) is 161 Å². The largest absolute Gasteiger partial charge is 0.472 e. The summed E-state index contributed by atoms with van der Waals surface area (Å²) in [7, 11) is -4.41. The van der Waals surface area contributed by atoms with Crippen molar-refractivity contribution < 1.29 is 37.6 Å². The molecule has 0 aliphatic heterocycles. The van der Waals surface area contributed by atoms with Gasteiger partial charge in [-0.15, -0.1) is 0 Å². The Morgan fingerprint density at radius 2 is 0.915 bits per heavy atom. The fourth-order valence-electron chi connectivity index (χ4n) is 5.18. The molecule has 0 spiro atoms. The van der Waals surface area contributed by atoms with Gasteiger partial charge in [-0.25, -0.2) is 4.57 Å². The molecule has 0 aromatic heterocycles. The first-order chi connectivity index (χ1) is 28.8. The number of phosphoric ester groups is 1. The first kappa shape index (κ1) is 55.4. The minimum Gasteiger partial charge on any atom is -0.462 e. The summed E-state index contributed by atoms with van der Waals surface area (Å²) in [6.07, 6.45) is 59.6. The van der Waals surface area contributed by atoms with Crippen molar-refractivity contribution in [1.82, 2.24) is 0 Å². The minimum absolute atomic E-state index is 0.0344. The summed E-state index contributed by atoms with van der Waals surface area (Å²) in [5.74, 6) is -0.955. The van der Waals surface area contributed by atoms with Crippen LogP contribution in [0.25, 0.3) is 0 Å². The van der Waals surface area contributed by atoms with E-state index in [0.717, 1.165) is 103 Å². The quantitative estimate of drug-likeness (QED) is 0.0268. The van der Waals surface area contributed by atoms with E-state index in [2.05, 4.69) is 123 Å². The molecule has 0 bridgehead atoms. The molecule has 0 fully saturated rings. The molecule has 332 valence electrons. The Morgan fingerprint density at radius 3 is 1.37 bits per heavy atom. The average molecular weight is 840 g/mol. The second kappa shape index (κ2) is 44.0. The van der Waals surface area contributed by atoms with Crippen LogP contribution in [0, 0.1) is 0 Å². The maximum Gasteiger partial charge on any atom is 0.472 e. The van der Waals surface area contributed by atoms with Crippen LogP contribution in [0.3, 0.4) is 0 Å². The van der Waals surface area contributed by atoms with Crippen molar-refractivity contribution in [2.75, 3.05) is 26.4 Å². The number of phosphoric acid groups is 1. The topological polar surface area (TPSA) is 134 Å². The number of carbonyl (C=O) groups excluding carboxylic acids is 2. The number of allylic oxidation sites excluding steroid dienone is 20. The Balaban J connectivity index is 4.24. The van der Waals surface area contributed by atoms with Gasteiger partial charge in [0.2, 0.25) is 0 Å². The second-order valence-corrected chi connectivity index (χ2v) is 15.2. The zero-order chi connectivity index (χ0) is 43.2. The van der Waals surface area contributed by atoms with E-state index in [-0.39, 0.29) is 32.6 Å². The number of nitrogens with two attached hydrogens (primary N) is 1. The highest BCUT2D eigenvalue weighted by Crippen LogP contribution is 2.43. The molecule has 2 unspecified atom stereocenters. The van der Waals surface area contributed by atoms with Crippen molar-refractivity contribution in [3.8, 4) is 0 Å². The summed E-state index contributed by atoms with van der Waals surface area (Å²) in [4.78, 5) is 34.8. The molecule has 0 saturated heterocycles. The SMILES string of the molecule is CC/C=C\C/C=C\C/C=C\C/C=C\C/C=C\C/C=C\CCCCCCCCC(=O)OC(COC(=O)CC/C=C\C/C=C\C/C=C\C/C=C\CC)COP(=O)(O)OCCN. The highest BCUT2D eigenvalue weighted by molar-refractivity contribution is 7.47. The second-order valence-electron chi connectivity index (χ2n) is 13.8. The van der Waals surface area contributed by atoms with Gasteiger partial charge in [0.15, 0.2) is 6.10 Å². The van der Waals surface area contributed by atoms with Crippen LogP contribution in [0.15, 0.2) is 122 Å². The Kier molecular flexibility index (Phi) is 41.3. The van der Waals surface area contributed by atoms with Crippen molar-refractivity contribution in [1.29, 1.82) is 0 Å². The van der Waals surface area contributed by atoms with Gasteiger partial charge in [0.1, 0.15) is 6.61 Å². The molecule has 0 heterocycles. The molecule has 0 radical (unpaired) electrons. The van der Waals surface area contributed by atoms with Gasteiger partial charge in [0, 0.05) is 19.4 Å². The van der Waals surface area contributed by atoms with Gasteiger partial charge >= 0.3 is 19.8 Å². The first-order valence-electron chi connectivity index (χ1n) is 22.0. The normalized spacial score (nSPS) is 14.4. The van der Waals surface area contributed by atoms with Crippen LogP contribution in [0.5, 0.6) is 0 Å². The van der Waals surface area contributed by atoms with Crippen LogP contribution in [0.2, 0.25) is 0 Å². The molecular weight excluding hydrogens is 762 g/mol. The standard InChI is InChI=1S/C49H78NO8P/c1-3-5-7-9-11-13-15-17-18-19-20-21-22-23-24-25-26-27-28-30-32-34-36-38-40-42-49(52)58-47(46-57-59(53,54)56-44-43-50)45-55-48(51)41-39-37-35-33-31-29-16-14-12-10-8-6-4-2/h5-8,11-14,17-18,20-21,23-24,26-27,29,31,35,37,47H,3-4,9-10,15-16,19,22,25,28,30,32-34,36,38-46,50H2,1-2H3,(H,53,54)/b7-5-,8-6-,13-11-,14-12-,18-17-,21-20-,24-23-,27-26-,31-29-,37-35-. The third-order valence-electron chi connectivity index (χ3n) is 8.36. The van der Waals surface area contributed by atoms with E-state index in [9.17, 15) is 19.0 Å². The van der Waals surface area contributed by atoms with Crippen LogP contribution >= 0.6 is 7.82 Å². The van der Waals surface area contributed by atoms with Crippen LogP contribution in [0.1, 0.15) is 142 Å². The summed E-state index contributed by atoms with van der Waals surface area (Å²) < 4.78 is 32.7. The molecule has 0 amide bonds. The smallest absolute Gasteiger partial charge is 0.462 e. The molecular formula is C49H78NO8P. The monoisotopic (exact) mass is 840 g/mol. The fourth-order valence-corrected chi connectivity index (χ4v) is 5.94. The fraction of sp³-hybridized carbons (Fsp3) is 0.551. The number of ether oxygens (including phenoxy) is 2. The number of hydrogen-bond acceptors (Lipinski definition) is 8. The molecule has 0 aliphatic carbocycles. The predicted molar refractivity (Wildman–Crippen MR) is 247 cm³/mol. The van der Waals surface area contributed by atoms with Crippen molar-refractivity contribution in [2.45, 2.75) is 148 Å². The first-order valence-corrected chi connectivity index (χ1v) is 23.5. The lowest BCUT2D eigenvalue weighted by Crippen LogP contribution is -2.29. The van der Waals surface area contributed by atoms with Gasteiger partial charge in [0.25, 0.3) is 0 Å². The summed E-state index contributed by atoms with van der Waals surface area (Å²) in [5.41, 5.74) is 5.34. The van der Waals surface area contributed by atoms with E-state index in [4.69, 9.17) is 24.3 Å². The number of carbonyl (C=O) groups is 2. The summed E-state index contributed by atoms with van der Waals surface area (Å²) in [6, 6.07) is 0. The highest BCUT2D eigenvalue weighted by Gasteiger charge is 2.25. The lowest BCUT2D eigenvalue weighted by atomic mass is 10.1. The lowest BCUT2D eigenvalue weighted by Gasteiger charge is -2.19.